The van der Waals surface area contributed by atoms with Gasteiger partial charge < -0.3 is 10.5 Å². The number of hydrogen-bond acceptors (Lipinski definition) is 5. The van der Waals surface area contributed by atoms with E-state index in [0.29, 0.717) is 32.9 Å². The van der Waals surface area contributed by atoms with Crippen molar-refractivity contribution in [2.75, 3.05) is 5.73 Å². The van der Waals surface area contributed by atoms with Crippen LogP contribution in [0.15, 0.2) is 44.7 Å². The number of nitrogens with zero attached hydrogens (tertiary/aromatic N) is 3. The SMILES string of the molecule is CC1(C)N=C(n2cc(N)cc(Br)c2=O)c2cc(C#N)ccc2O1. The second-order valence-electron chi connectivity index (χ2n) is 5.60. The van der Waals surface area contributed by atoms with E-state index in [2.05, 4.69) is 27.0 Å². The van der Waals surface area contributed by atoms with Gasteiger partial charge in [-0.1, -0.05) is 0 Å². The van der Waals surface area contributed by atoms with E-state index in [1.807, 2.05) is 0 Å². The van der Waals surface area contributed by atoms with E-state index in [4.69, 9.17) is 15.7 Å². The Hall–Kier alpha value is -2.59. The molecule has 1 aliphatic rings. The highest BCUT2D eigenvalue weighted by molar-refractivity contribution is 9.10. The van der Waals surface area contributed by atoms with Crippen LogP contribution in [0.5, 0.6) is 5.75 Å². The van der Waals surface area contributed by atoms with Crippen LogP contribution in [-0.2, 0) is 0 Å². The summed E-state index contributed by atoms with van der Waals surface area (Å²) in [5.74, 6) is 0.954. The fraction of sp³-hybridized carbons (Fsp3) is 0.188. The molecule has 0 radical (unpaired) electrons. The molecule has 0 saturated heterocycles. The molecule has 0 unspecified atom stereocenters. The van der Waals surface area contributed by atoms with Gasteiger partial charge in [-0.25, -0.2) is 4.99 Å². The maximum Gasteiger partial charge on any atom is 0.270 e. The first-order chi connectivity index (χ1) is 10.8. The Morgan fingerprint density at radius 3 is 2.83 bits per heavy atom. The molecule has 0 bridgehead atoms. The Kier molecular flexibility index (Phi) is 3.49. The van der Waals surface area contributed by atoms with Gasteiger partial charge in [-0.05, 0) is 54.0 Å². The number of aliphatic imine (C=N–C) groups is 1. The van der Waals surface area contributed by atoms with E-state index < -0.39 is 5.72 Å². The maximum atomic E-state index is 12.5. The lowest BCUT2D eigenvalue weighted by molar-refractivity contribution is 0.114. The summed E-state index contributed by atoms with van der Waals surface area (Å²) in [6, 6.07) is 8.63. The van der Waals surface area contributed by atoms with Gasteiger partial charge in [0.2, 0.25) is 0 Å². The first kappa shape index (κ1) is 15.3. The van der Waals surface area contributed by atoms with Crippen molar-refractivity contribution in [2.24, 2.45) is 4.99 Å². The van der Waals surface area contributed by atoms with Gasteiger partial charge in [-0.2, -0.15) is 5.26 Å². The average Bonchev–Trinajstić information content (AvgIpc) is 2.49. The zero-order valence-corrected chi connectivity index (χ0v) is 14.1. The predicted octanol–water partition coefficient (Wildman–Crippen LogP) is 2.49. The van der Waals surface area contributed by atoms with E-state index in [-0.39, 0.29) is 5.56 Å². The van der Waals surface area contributed by atoms with Crippen LogP contribution in [0.25, 0.3) is 0 Å². The highest BCUT2D eigenvalue weighted by atomic mass is 79.9. The number of anilines is 1. The van der Waals surface area contributed by atoms with Crippen LogP contribution in [0, 0.1) is 11.3 Å². The van der Waals surface area contributed by atoms with Crippen LogP contribution < -0.4 is 16.0 Å². The summed E-state index contributed by atoms with van der Waals surface area (Å²) in [7, 11) is 0. The third-order valence-corrected chi connectivity index (χ3v) is 3.88. The molecule has 0 spiro atoms. The molecule has 1 aromatic heterocycles. The second-order valence-corrected chi connectivity index (χ2v) is 6.46. The fourth-order valence-corrected chi connectivity index (χ4v) is 2.83. The number of benzene rings is 1. The number of hydrogen-bond donors (Lipinski definition) is 1. The molecule has 0 amide bonds. The molecule has 116 valence electrons. The Morgan fingerprint density at radius 2 is 2.13 bits per heavy atom. The molecule has 1 aliphatic heterocycles. The molecular weight excluding hydrogens is 360 g/mol. The number of nitrogens with two attached hydrogens (primary N) is 1. The smallest absolute Gasteiger partial charge is 0.270 e. The number of halogens is 1. The largest absolute Gasteiger partial charge is 0.466 e. The van der Waals surface area contributed by atoms with Gasteiger partial charge in [0.1, 0.15) is 11.6 Å². The first-order valence-corrected chi connectivity index (χ1v) is 7.61. The lowest BCUT2D eigenvalue weighted by Crippen LogP contribution is -2.38. The third kappa shape index (κ3) is 2.73. The zero-order valence-electron chi connectivity index (χ0n) is 12.5. The highest BCUT2D eigenvalue weighted by Crippen LogP contribution is 2.31. The van der Waals surface area contributed by atoms with Gasteiger partial charge >= 0.3 is 0 Å². The summed E-state index contributed by atoms with van der Waals surface area (Å²) < 4.78 is 7.52. The van der Waals surface area contributed by atoms with Crippen molar-refractivity contribution in [1.82, 2.24) is 4.57 Å². The van der Waals surface area contributed by atoms with Gasteiger partial charge in [0.05, 0.1) is 21.7 Å². The van der Waals surface area contributed by atoms with Gasteiger partial charge in [0.15, 0.2) is 5.72 Å². The van der Waals surface area contributed by atoms with Crippen molar-refractivity contribution < 1.29 is 4.74 Å². The summed E-state index contributed by atoms with van der Waals surface area (Å²) in [5, 5.41) is 9.11. The van der Waals surface area contributed by atoms with Crippen molar-refractivity contribution in [3.63, 3.8) is 0 Å². The topological polar surface area (TPSA) is 93.4 Å². The quantitative estimate of drug-likeness (QED) is 0.768. The number of nitriles is 1. The van der Waals surface area contributed by atoms with E-state index >= 15 is 0 Å². The summed E-state index contributed by atoms with van der Waals surface area (Å²) >= 11 is 3.21. The standard InChI is InChI=1S/C16H13BrN4O2/c1-16(2)20-14(21-8-10(19)6-12(17)15(21)22)11-5-9(7-18)3-4-13(11)23-16/h3-6,8H,19H2,1-2H3. The van der Waals surface area contributed by atoms with Crippen LogP contribution in [0.3, 0.4) is 0 Å². The minimum Gasteiger partial charge on any atom is -0.466 e. The molecule has 23 heavy (non-hydrogen) atoms. The Labute approximate surface area is 141 Å². The molecule has 2 N–H and O–H groups in total. The molecule has 3 rings (SSSR count). The Balaban J connectivity index is 2.33. The van der Waals surface area contributed by atoms with Crippen molar-refractivity contribution in [2.45, 2.75) is 19.6 Å². The zero-order chi connectivity index (χ0) is 16.8. The maximum absolute atomic E-state index is 12.5. The van der Waals surface area contributed by atoms with Crippen molar-refractivity contribution in [1.29, 1.82) is 5.26 Å². The van der Waals surface area contributed by atoms with Crippen molar-refractivity contribution >= 4 is 27.5 Å². The number of pyridine rings is 1. The summed E-state index contributed by atoms with van der Waals surface area (Å²) in [6.07, 6.45) is 1.51. The molecule has 0 atom stereocenters. The lowest BCUT2D eigenvalue weighted by Gasteiger charge is -2.30. The first-order valence-electron chi connectivity index (χ1n) is 6.82. The summed E-state index contributed by atoms with van der Waals surface area (Å²) in [5.41, 5.74) is 6.17. The molecule has 2 aromatic rings. The van der Waals surface area contributed by atoms with E-state index in [1.54, 1.807) is 32.0 Å². The number of fused-ring (bicyclic) bond motifs is 1. The normalized spacial score (nSPS) is 15.1. The van der Waals surface area contributed by atoms with Crippen molar-refractivity contribution in [3.05, 3.63) is 56.4 Å². The van der Waals surface area contributed by atoms with Crippen LogP contribution in [-0.4, -0.2) is 16.1 Å². The molecule has 0 saturated carbocycles. The van der Waals surface area contributed by atoms with Gasteiger partial charge in [0.25, 0.3) is 5.56 Å². The Morgan fingerprint density at radius 1 is 1.39 bits per heavy atom. The monoisotopic (exact) mass is 372 g/mol. The number of rotatable bonds is 0. The number of nitrogen functional groups attached to an aromatic ring is 1. The fourth-order valence-electron chi connectivity index (χ4n) is 2.38. The van der Waals surface area contributed by atoms with Crippen LogP contribution in [0.4, 0.5) is 5.69 Å². The molecule has 1 aromatic carbocycles. The van der Waals surface area contributed by atoms with Crippen LogP contribution in [0.1, 0.15) is 25.0 Å². The summed E-state index contributed by atoms with van der Waals surface area (Å²) in [4.78, 5) is 17.0. The third-order valence-electron chi connectivity index (χ3n) is 3.31. The molecular formula is C16H13BrN4O2. The minimum absolute atomic E-state index is 0.288. The van der Waals surface area contributed by atoms with Gasteiger partial charge in [-0.3, -0.25) is 9.36 Å². The van der Waals surface area contributed by atoms with E-state index in [1.165, 1.54) is 16.8 Å². The molecule has 0 fully saturated rings. The van der Waals surface area contributed by atoms with E-state index in [0.717, 1.165) is 0 Å². The van der Waals surface area contributed by atoms with Gasteiger partial charge in [-0.15, -0.1) is 0 Å². The summed E-state index contributed by atoms with van der Waals surface area (Å²) in [6.45, 7) is 3.58. The highest BCUT2D eigenvalue weighted by Gasteiger charge is 2.30. The molecule has 7 heteroatoms. The van der Waals surface area contributed by atoms with Gasteiger partial charge in [0, 0.05) is 11.9 Å². The Bertz CT molecular complexity index is 938. The van der Waals surface area contributed by atoms with E-state index in [9.17, 15) is 4.79 Å². The predicted molar refractivity (Wildman–Crippen MR) is 90.6 cm³/mol. The number of aromatic nitrogens is 1. The average molecular weight is 373 g/mol. The molecule has 2 heterocycles. The van der Waals surface area contributed by atoms with Crippen molar-refractivity contribution in [3.8, 4) is 11.8 Å². The van der Waals surface area contributed by atoms with Crippen LogP contribution in [0.2, 0.25) is 0 Å². The lowest BCUT2D eigenvalue weighted by atomic mass is 10.1. The second kappa shape index (κ2) is 5.25. The number of ether oxygens (including phenoxy) is 1. The molecule has 6 nitrogen and oxygen atoms in total. The molecule has 0 aliphatic carbocycles. The van der Waals surface area contributed by atoms with Crippen LogP contribution >= 0.6 is 15.9 Å². The minimum atomic E-state index is -0.840.